The third-order valence-electron chi connectivity index (χ3n) is 5.45. The highest BCUT2D eigenvalue weighted by Gasteiger charge is 2.41. The molecule has 0 unspecified atom stereocenters. The number of carbonyl (C=O) groups is 1. The predicted octanol–water partition coefficient (Wildman–Crippen LogP) is 3.70. The lowest BCUT2D eigenvalue weighted by molar-refractivity contribution is 0.0490. The summed E-state index contributed by atoms with van der Waals surface area (Å²) in [7, 11) is 0. The number of nitrogens with zero attached hydrogens (tertiary/aromatic N) is 2. The molecule has 2 aliphatic rings. The standard InChI is InChI=1S/C19H21ClN2O3/c1-2-4-14-12-9-13(15-5-3-6-18(23)22(14)15)11-21(10-12)19(24)16-7-8-17(20)25-16/h3,5-8,12-14H,2,4,9-11H2,1H3/t12-,13+,14-/m0/s1. The fourth-order valence-corrected chi connectivity index (χ4v) is 4.60. The minimum absolute atomic E-state index is 0.0724. The van der Waals surface area contributed by atoms with Crippen molar-refractivity contribution in [3.05, 3.63) is 57.4 Å². The number of fused-ring (bicyclic) bond motifs is 4. The molecule has 5 nitrogen and oxygen atoms in total. The van der Waals surface area contributed by atoms with E-state index < -0.39 is 0 Å². The first-order valence-electron chi connectivity index (χ1n) is 8.84. The summed E-state index contributed by atoms with van der Waals surface area (Å²) < 4.78 is 7.28. The molecule has 0 spiro atoms. The highest BCUT2D eigenvalue weighted by molar-refractivity contribution is 6.29. The van der Waals surface area contributed by atoms with E-state index in [2.05, 4.69) is 6.92 Å². The molecule has 25 heavy (non-hydrogen) atoms. The zero-order valence-electron chi connectivity index (χ0n) is 14.2. The topological polar surface area (TPSA) is 55.5 Å². The van der Waals surface area contributed by atoms with E-state index >= 15 is 0 Å². The quantitative estimate of drug-likeness (QED) is 0.838. The van der Waals surface area contributed by atoms with Gasteiger partial charge in [-0.25, -0.2) is 0 Å². The number of aromatic nitrogens is 1. The second kappa shape index (κ2) is 6.37. The average Bonchev–Trinajstić information content (AvgIpc) is 3.04. The molecule has 0 aromatic carbocycles. The Bertz CT molecular complexity index is 856. The van der Waals surface area contributed by atoms with Crippen molar-refractivity contribution in [3.8, 4) is 0 Å². The Hall–Kier alpha value is -2.01. The van der Waals surface area contributed by atoms with Crippen molar-refractivity contribution in [1.82, 2.24) is 9.47 Å². The van der Waals surface area contributed by atoms with Gasteiger partial charge in [0.05, 0.1) is 0 Å². The highest BCUT2D eigenvalue weighted by atomic mass is 35.5. The molecule has 2 bridgehead atoms. The van der Waals surface area contributed by atoms with Crippen molar-refractivity contribution in [1.29, 1.82) is 0 Å². The first-order chi connectivity index (χ1) is 12.1. The van der Waals surface area contributed by atoms with E-state index in [4.69, 9.17) is 16.0 Å². The molecular formula is C19H21ClN2O3. The SMILES string of the molecule is CCC[C@H]1[C@H]2C[C@H](CN(C(=O)c3ccc(Cl)o3)C2)c2cccc(=O)n21. The van der Waals surface area contributed by atoms with E-state index in [9.17, 15) is 9.59 Å². The maximum atomic E-state index is 12.8. The number of rotatable bonds is 3. The van der Waals surface area contributed by atoms with Crippen molar-refractivity contribution in [2.45, 2.75) is 38.1 Å². The lowest BCUT2D eigenvalue weighted by atomic mass is 9.77. The molecule has 0 saturated carbocycles. The van der Waals surface area contributed by atoms with Crippen LogP contribution in [0.1, 0.15) is 54.4 Å². The lowest BCUT2D eigenvalue weighted by Crippen LogP contribution is -2.51. The first-order valence-corrected chi connectivity index (χ1v) is 9.22. The normalized spacial score (nSPS) is 24.9. The van der Waals surface area contributed by atoms with Crippen molar-refractivity contribution in [2.24, 2.45) is 5.92 Å². The number of halogens is 1. The van der Waals surface area contributed by atoms with Gasteiger partial charge in [-0.2, -0.15) is 0 Å². The zero-order valence-corrected chi connectivity index (χ0v) is 14.9. The van der Waals surface area contributed by atoms with Crippen LogP contribution in [0.5, 0.6) is 0 Å². The molecule has 6 heteroatoms. The van der Waals surface area contributed by atoms with Gasteiger partial charge in [-0.15, -0.1) is 0 Å². The molecule has 4 rings (SSSR count). The fourth-order valence-electron chi connectivity index (χ4n) is 4.46. The molecule has 0 radical (unpaired) electrons. The first kappa shape index (κ1) is 16.5. The Labute approximate surface area is 151 Å². The van der Waals surface area contributed by atoms with Crippen LogP contribution in [0.25, 0.3) is 0 Å². The summed E-state index contributed by atoms with van der Waals surface area (Å²) in [5.41, 5.74) is 1.13. The number of amides is 1. The van der Waals surface area contributed by atoms with Crippen molar-refractivity contribution < 1.29 is 9.21 Å². The number of piperidine rings is 1. The summed E-state index contributed by atoms with van der Waals surface area (Å²) in [4.78, 5) is 27.1. The van der Waals surface area contributed by atoms with Gasteiger partial charge in [0.1, 0.15) is 0 Å². The molecule has 4 heterocycles. The maximum Gasteiger partial charge on any atom is 0.289 e. The van der Waals surface area contributed by atoms with E-state index in [1.165, 1.54) is 0 Å². The molecule has 2 aromatic rings. The zero-order chi connectivity index (χ0) is 17.6. The van der Waals surface area contributed by atoms with Gasteiger partial charge in [0, 0.05) is 36.8 Å². The van der Waals surface area contributed by atoms with Gasteiger partial charge < -0.3 is 13.9 Å². The van der Waals surface area contributed by atoms with Gasteiger partial charge in [0.25, 0.3) is 11.5 Å². The Morgan fingerprint density at radius 2 is 2.12 bits per heavy atom. The molecule has 132 valence electrons. The number of furan rings is 1. The van der Waals surface area contributed by atoms with Crippen LogP contribution in [0.4, 0.5) is 0 Å². The Morgan fingerprint density at radius 3 is 2.84 bits per heavy atom. The molecule has 1 fully saturated rings. The Morgan fingerprint density at radius 1 is 1.28 bits per heavy atom. The summed E-state index contributed by atoms with van der Waals surface area (Å²) >= 11 is 5.81. The predicted molar refractivity (Wildman–Crippen MR) is 95.1 cm³/mol. The number of hydrogen-bond acceptors (Lipinski definition) is 3. The summed E-state index contributed by atoms with van der Waals surface area (Å²) in [5, 5.41) is 0.223. The second-order valence-electron chi connectivity index (χ2n) is 7.02. The van der Waals surface area contributed by atoms with Crippen molar-refractivity contribution in [2.75, 3.05) is 13.1 Å². The van der Waals surface area contributed by atoms with Crippen LogP contribution in [0, 0.1) is 5.92 Å². The maximum absolute atomic E-state index is 12.8. The number of pyridine rings is 1. The Kier molecular flexibility index (Phi) is 4.20. The van der Waals surface area contributed by atoms with Crippen LogP contribution in [0.3, 0.4) is 0 Å². The third-order valence-corrected chi connectivity index (χ3v) is 5.66. The van der Waals surface area contributed by atoms with Gasteiger partial charge in [0.15, 0.2) is 11.0 Å². The van der Waals surface area contributed by atoms with Crippen LogP contribution in [0.2, 0.25) is 5.22 Å². The number of hydrogen-bond donors (Lipinski definition) is 0. The molecule has 2 aliphatic heterocycles. The van der Waals surface area contributed by atoms with E-state index in [-0.39, 0.29) is 34.4 Å². The lowest BCUT2D eigenvalue weighted by Gasteiger charge is -2.46. The van der Waals surface area contributed by atoms with Crippen LogP contribution >= 0.6 is 11.6 Å². The molecule has 0 N–H and O–H groups in total. The van der Waals surface area contributed by atoms with Crippen molar-refractivity contribution in [3.63, 3.8) is 0 Å². The largest absolute Gasteiger partial charge is 0.440 e. The van der Waals surface area contributed by atoms with Crippen molar-refractivity contribution >= 4 is 17.5 Å². The summed E-state index contributed by atoms with van der Waals surface area (Å²) in [6, 6.07) is 8.86. The van der Waals surface area contributed by atoms with Gasteiger partial charge in [-0.1, -0.05) is 19.4 Å². The minimum atomic E-state index is -0.122. The van der Waals surface area contributed by atoms with E-state index in [0.717, 1.165) is 25.0 Å². The summed E-state index contributed by atoms with van der Waals surface area (Å²) in [6.45, 7) is 3.39. The molecule has 1 saturated heterocycles. The van der Waals surface area contributed by atoms with Crippen LogP contribution < -0.4 is 5.56 Å². The summed E-state index contributed by atoms with van der Waals surface area (Å²) in [5.74, 6) is 0.641. The van der Waals surface area contributed by atoms with E-state index in [1.807, 2.05) is 21.6 Å². The highest BCUT2D eigenvalue weighted by Crippen LogP contribution is 2.43. The van der Waals surface area contributed by atoms with Crippen LogP contribution in [-0.4, -0.2) is 28.5 Å². The number of likely N-dealkylation sites (tertiary alicyclic amines) is 1. The van der Waals surface area contributed by atoms with Gasteiger partial charge >= 0.3 is 0 Å². The van der Waals surface area contributed by atoms with Gasteiger partial charge in [-0.05, 0) is 48.6 Å². The summed E-state index contributed by atoms with van der Waals surface area (Å²) in [6.07, 6.45) is 2.98. The van der Waals surface area contributed by atoms with Crippen LogP contribution in [0.15, 0.2) is 39.5 Å². The number of carbonyl (C=O) groups excluding carboxylic acids is 1. The monoisotopic (exact) mass is 360 g/mol. The molecule has 3 atom stereocenters. The molecule has 0 aliphatic carbocycles. The smallest absolute Gasteiger partial charge is 0.289 e. The average molecular weight is 361 g/mol. The third kappa shape index (κ3) is 2.80. The molecule has 1 amide bonds. The van der Waals surface area contributed by atoms with Crippen LogP contribution in [-0.2, 0) is 0 Å². The fraction of sp³-hybridized carbons (Fsp3) is 0.474. The van der Waals surface area contributed by atoms with E-state index in [1.54, 1.807) is 18.2 Å². The van der Waals surface area contributed by atoms with E-state index in [0.29, 0.717) is 19.0 Å². The minimum Gasteiger partial charge on any atom is -0.440 e. The molecule has 2 aromatic heterocycles. The second-order valence-corrected chi connectivity index (χ2v) is 7.39. The molecular weight excluding hydrogens is 340 g/mol. The van der Waals surface area contributed by atoms with Gasteiger partial charge in [0.2, 0.25) is 0 Å². The van der Waals surface area contributed by atoms with Gasteiger partial charge in [-0.3, -0.25) is 9.59 Å². The Balaban J connectivity index is 1.69.